The van der Waals surface area contributed by atoms with Crippen LogP contribution in [0.1, 0.15) is 16.4 Å². The second-order valence-electron chi connectivity index (χ2n) is 8.13. The first kappa shape index (κ1) is 23.8. The van der Waals surface area contributed by atoms with E-state index < -0.39 is 58.1 Å². The molecule has 4 N–H and O–H groups in total. The van der Waals surface area contributed by atoms with Gasteiger partial charge in [0.05, 0.1) is 10.9 Å². The van der Waals surface area contributed by atoms with Gasteiger partial charge in [0.1, 0.15) is 23.4 Å². The number of nitrogens with zero attached hydrogens (tertiary/aromatic N) is 2. The minimum Gasteiger partial charge on any atom is -0.508 e. The Balaban J connectivity index is 1.57. The number of carbonyl (C=O) groups excluding carboxylic acids is 4. The van der Waals surface area contributed by atoms with Crippen LogP contribution < -0.4 is 15.9 Å². The van der Waals surface area contributed by atoms with Gasteiger partial charge < -0.3 is 16.2 Å². The molecule has 2 aliphatic rings. The van der Waals surface area contributed by atoms with E-state index >= 15 is 0 Å². The zero-order valence-electron chi connectivity index (χ0n) is 18.2. The second kappa shape index (κ2) is 8.91. The van der Waals surface area contributed by atoms with Crippen molar-refractivity contribution >= 4 is 52.5 Å². The van der Waals surface area contributed by atoms with Crippen LogP contribution in [0, 0.1) is 11.7 Å². The number of nitrogens with two attached hydrogens (primary N) is 1. The maximum absolute atomic E-state index is 13.2. The number of aromatic hydroxyl groups is 1. The van der Waals surface area contributed by atoms with Crippen LogP contribution in [0.5, 0.6) is 5.75 Å². The van der Waals surface area contributed by atoms with Crippen molar-refractivity contribution in [2.24, 2.45) is 11.7 Å². The number of anilines is 1. The molecule has 0 bridgehead atoms. The molecule has 5 rings (SSSR count). The highest BCUT2D eigenvalue weighted by molar-refractivity contribution is 8.00. The summed E-state index contributed by atoms with van der Waals surface area (Å²) in [5.74, 6) is -4.85. The largest absolute Gasteiger partial charge is 0.508 e. The minimum atomic E-state index is -1.21. The first-order valence-corrected chi connectivity index (χ1v) is 12.3. The van der Waals surface area contributed by atoms with Crippen molar-refractivity contribution in [2.45, 2.75) is 22.7 Å². The molecule has 3 heterocycles. The molecule has 1 fully saturated rings. The van der Waals surface area contributed by atoms with Gasteiger partial charge >= 0.3 is 10.9 Å². The van der Waals surface area contributed by atoms with Gasteiger partial charge in [0.15, 0.2) is 0 Å². The number of phenols is 1. The van der Waals surface area contributed by atoms with Crippen LogP contribution >= 0.6 is 23.1 Å². The monoisotopic (exact) mass is 528 g/mol. The van der Waals surface area contributed by atoms with Crippen LogP contribution in [0.3, 0.4) is 0 Å². The SMILES string of the molecule is NC(=O)N1C(=O)C2Sc3c(sc(=O)n3CC(=O)Nc3ccc(F)cc3)C(c3ccccc3O)C2C1=O. The van der Waals surface area contributed by atoms with Gasteiger partial charge in [-0.2, -0.15) is 4.90 Å². The summed E-state index contributed by atoms with van der Waals surface area (Å²) in [4.78, 5) is 63.9. The number of primary amides is 1. The van der Waals surface area contributed by atoms with E-state index in [0.717, 1.165) is 23.1 Å². The van der Waals surface area contributed by atoms with Crippen molar-refractivity contribution in [3.63, 3.8) is 0 Å². The first-order chi connectivity index (χ1) is 17.2. The molecule has 3 aromatic rings. The topological polar surface area (TPSA) is 152 Å². The summed E-state index contributed by atoms with van der Waals surface area (Å²) in [6, 6.07) is 10.1. The maximum Gasteiger partial charge on any atom is 0.328 e. The number of halogens is 1. The molecule has 0 radical (unpaired) electrons. The molecule has 0 saturated carbocycles. The molecular weight excluding hydrogens is 511 g/mol. The number of urea groups is 1. The average molecular weight is 529 g/mol. The van der Waals surface area contributed by atoms with Crippen LogP contribution in [0.15, 0.2) is 58.4 Å². The van der Waals surface area contributed by atoms with E-state index in [1.807, 2.05) is 0 Å². The highest BCUT2D eigenvalue weighted by Crippen LogP contribution is 2.54. The summed E-state index contributed by atoms with van der Waals surface area (Å²) in [5.41, 5.74) is 5.91. The zero-order valence-corrected chi connectivity index (χ0v) is 19.8. The maximum atomic E-state index is 13.2. The number of thiazole rings is 1. The summed E-state index contributed by atoms with van der Waals surface area (Å²) in [5, 5.41) is 12.3. The number of hydrogen-bond acceptors (Lipinski definition) is 8. The Bertz CT molecular complexity index is 1480. The van der Waals surface area contributed by atoms with Crippen molar-refractivity contribution in [3.8, 4) is 5.75 Å². The zero-order chi connectivity index (χ0) is 25.7. The molecule has 0 spiro atoms. The van der Waals surface area contributed by atoms with E-state index in [9.17, 15) is 33.5 Å². The third kappa shape index (κ3) is 3.85. The summed E-state index contributed by atoms with van der Waals surface area (Å²) in [6.45, 7) is -0.415. The number of hydrogen-bond donors (Lipinski definition) is 3. The van der Waals surface area contributed by atoms with Gasteiger partial charge in [0.2, 0.25) is 11.8 Å². The Morgan fingerprint density at radius 1 is 1.06 bits per heavy atom. The number of aromatic nitrogens is 1. The molecule has 3 unspecified atom stereocenters. The summed E-state index contributed by atoms with van der Waals surface area (Å²) >= 11 is 1.69. The van der Waals surface area contributed by atoms with Gasteiger partial charge in [-0.05, 0) is 30.3 Å². The molecule has 184 valence electrons. The predicted molar refractivity (Wildman–Crippen MR) is 128 cm³/mol. The average Bonchev–Trinajstić information content (AvgIpc) is 3.27. The number of benzene rings is 2. The molecule has 5 amide bonds. The van der Waals surface area contributed by atoms with Crippen molar-refractivity contribution in [2.75, 3.05) is 5.32 Å². The van der Waals surface area contributed by atoms with Gasteiger partial charge in [-0.25, -0.2) is 9.18 Å². The van der Waals surface area contributed by atoms with E-state index in [2.05, 4.69) is 5.32 Å². The number of fused-ring (bicyclic) bond motifs is 2. The number of imide groups is 3. The fourth-order valence-corrected chi connectivity index (χ4v) is 7.20. The molecule has 0 aliphatic carbocycles. The number of carbonyl (C=O) groups is 4. The molecule has 1 aromatic heterocycles. The molecular formula is C23H17FN4O6S2. The molecule has 3 atom stereocenters. The van der Waals surface area contributed by atoms with Crippen LogP contribution in [0.4, 0.5) is 14.9 Å². The van der Waals surface area contributed by atoms with Crippen LogP contribution in [-0.4, -0.2) is 43.6 Å². The number of thioether (sulfide) groups is 1. The van der Waals surface area contributed by atoms with E-state index in [0.29, 0.717) is 21.0 Å². The third-order valence-electron chi connectivity index (χ3n) is 5.97. The minimum absolute atomic E-state index is 0.154. The van der Waals surface area contributed by atoms with Crippen molar-refractivity contribution in [3.05, 3.63) is 74.5 Å². The van der Waals surface area contributed by atoms with Gasteiger partial charge in [0.25, 0.3) is 5.91 Å². The molecule has 2 aromatic carbocycles. The lowest BCUT2D eigenvalue weighted by atomic mass is 9.82. The lowest BCUT2D eigenvalue weighted by molar-refractivity contribution is -0.135. The lowest BCUT2D eigenvalue weighted by Gasteiger charge is -2.31. The fraction of sp³-hybridized carbons (Fsp3) is 0.174. The molecule has 13 heteroatoms. The number of phenolic OH excluding ortho intramolecular Hbond substituents is 1. The smallest absolute Gasteiger partial charge is 0.328 e. The highest BCUT2D eigenvalue weighted by atomic mass is 32.2. The summed E-state index contributed by atoms with van der Waals surface area (Å²) in [7, 11) is 0. The van der Waals surface area contributed by atoms with Gasteiger partial charge in [-0.3, -0.25) is 23.7 Å². The fourth-order valence-electron chi connectivity index (χ4n) is 4.44. The summed E-state index contributed by atoms with van der Waals surface area (Å²) < 4.78 is 14.3. The van der Waals surface area contributed by atoms with E-state index in [1.165, 1.54) is 34.9 Å². The standard InChI is InChI=1S/C23H17FN4O6S2/c24-10-5-7-11(8-6-10)26-14(30)9-27-21-18(36-23(27)34)15(12-3-1-2-4-13(12)29)16-17(35-21)20(32)28(19(16)31)22(25)33/h1-8,15-17,29H,9H2,(H2,25,33)(H,26,30). The molecule has 36 heavy (non-hydrogen) atoms. The quantitative estimate of drug-likeness (QED) is 0.439. The van der Waals surface area contributed by atoms with Crippen molar-refractivity contribution < 1.29 is 28.7 Å². The Kier molecular flexibility index (Phi) is 5.88. The van der Waals surface area contributed by atoms with E-state index in [4.69, 9.17) is 5.73 Å². The normalized spacial score (nSPS) is 20.7. The van der Waals surface area contributed by atoms with E-state index in [-0.39, 0.29) is 10.8 Å². The summed E-state index contributed by atoms with van der Waals surface area (Å²) in [6.07, 6.45) is 0. The Labute approximate surface area is 210 Å². The van der Waals surface area contributed by atoms with Gasteiger partial charge in [-0.1, -0.05) is 41.3 Å². The highest BCUT2D eigenvalue weighted by Gasteiger charge is 2.58. The molecule has 10 nitrogen and oxygen atoms in total. The van der Waals surface area contributed by atoms with Crippen molar-refractivity contribution in [1.29, 1.82) is 0 Å². The van der Waals surface area contributed by atoms with Crippen LogP contribution in [0.2, 0.25) is 0 Å². The Morgan fingerprint density at radius 2 is 1.75 bits per heavy atom. The van der Waals surface area contributed by atoms with E-state index in [1.54, 1.807) is 18.2 Å². The Morgan fingerprint density at radius 3 is 2.42 bits per heavy atom. The van der Waals surface area contributed by atoms with Gasteiger partial charge in [0, 0.05) is 22.0 Å². The lowest BCUT2D eigenvalue weighted by Crippen LogP contribution is -2.41. The van der Waals surface area contributed by atoms with Crippen LogP contribution in [-0.2, 0) is 20.9 Å². The Hall–Kier alpha value is -3.97. The number of rotatable bonds is 4. The molecule has 1 saturated heterocycles. The first-order valence-electron chi connectivity index (χ1n) is 10.6. The van der Waals surface area contributed by atoms with Crippen molar-refractivity contribution in [1.82, 2.24) is 9.47 Å². The number of nitrogens with one attached hydrogen (secondary N) is 1. The van der Waals surface area contributed by atoms with Gasteiger partial charge in [-0.15, -0.1) is 0 Å². The number of amides is 5. The van der Waals surface area contributed by atoms with Crippen LogP contribution in [0.25, 0.3) is 0 Å². The third-order valence-corrected chi connectivity index (χ3v) is 8.57. The number of likely N-dealkylation sites (tertiary alicyclic amines) is 1. The predicted octanol–water partition coefficient (Wildman–Crippen LogP) is 2.06. The number of para-hydroxylation sites is 1. The molecule has 2 aliphatic heterocycles. The second-order valence-corrected chi connectivity index (χ2v) is 10.3.